The minimum Gasteiger partial charge on any atom is -0.497 e. The Bertz CT molecular complexity index is 976. The number of hydrazine groups is 1. The molecule has 0 spiro atoms. The number of nitrogens with one attached hydrogen (secondary N) is 1. The summed E-state index contributed by atoms with van der Waals surface area (Å²) in [6.45, 7) is -0.494. The van der Waals surface area contributed by atoms with E-state index in [2.05, 4.69) is 5.43 Å². The third-order valence-corrected chi connectivity index (χ3v) is 4.90. The van der Waals surface area contributed by atoms with E-state index in [1.165, 1.54) is 13.2 Å². The molecule has 1 aliphatic heterocycles. The molecule has 1 atom stereocenters. The third-order valence-electron chi connectivity index (χ3n) is 4.57. The molecule has 2 aromatic rings. The third kappa shape index (κ3) is 4.96. The van der Waals surface area contributed by atoms with Crippen molar-refractivity contribution in [2.45, 2.75) is 6.42 Å². The molecule has 1 unspecified atom stereocenters. The van der Waals surface area contributed by atoms with Crippen LogP contribution in [0.3, 0.4) is 0 Å². The van der Waals surface area contributed by atoms with Gasteiger partial charge in [0.15, 0.2) is 12.4 Å². The van der Waals surface area contributed by atoms with Crippen LogP contribution < -0.4 is 10.2 Å². The van der Waals surface area contributed by atoms with Crippen LogP contribution >= 0.6 is 11.6 Å². The zero-order valence-electron chi connectivity index (χ0n) is 16.1. The van der Waals surface area contributed by atoms with Gasteiger partial charge in [0.2, 0.25) is 5.91 Å². The molecule has 1 heterocycles. The average Bonchev–Trinajstić information content (AvgIpc) is 3.12. The molecule has 0 aliphatic carbocycles. The van der Waals surface area contributed by atoms with Crippen molar-refractivity contribution in [3.63, 3.8) is 0 Å². The van der Waals surface area contributed by atoms with E-state index in [0.717, 1.165) is 5.01 Å². The first-order valence-electron chi connectivity index (χ1n) is 9.09. The van der Waals surface area contributed by atoms with Gasteiger partial charge in [-0.2, -0.15) is 0 Å². The van der Waals surface area contributed by atoms with Crippen LogP contribution in [0.15, 0.2) is 48.5 Å². The molecule has 0 aromatic heterocycles. The molecule has 3 rings (SSSR count). The number of amides is 2. The maximum Gasteiger partial charge on any atom is 0.311 e. The number of ether oxygens (including phenoxy) is 2. The predicted molar refractivity (Wildman–Crippen MR) is 107 cm³/mol. The Morgan fingerprint density at radius 1 is 1.13 bits per heavy atom. The van der Waals surface area contributed by atoms with Gasteiger partial charge >= 0.3 is 5.97 Å². The van der Waals surface area contributed by atoms with Crippen LogP contribution in [-0.2, 0) is 14.3 Å². The van der Waals surface area contributed by atoms with E-state index >= 15 is 0 Å². The van der Waals surface area contributed by atoms with Gasteiger partial charge in [0.05, 0.1) is 30.2 Å². The van der Waals surface area contributed by atoms with Crippen LogP contribution in [0, 0.1) is 5.92 Å². The molecule has 1 aliphatic rings. The van der Waals surface area contributed by atoms with Gasteiger partial charge in [-0.25, -0.2) is 0 Å². The highest BCUT2D eigenvalue weighted by Crippen LogP contribution is 2.20. The molecule has 30 heavy (non-hydrogen) atoms. The molecule has 2 amide bonds. The second-order valence-electron chi connectivity index (χ2n) is 6.59. The number of nitrogens with zero attached hydrogens (tertiary/aromatic N) is 1. The van der Waals surface area contributed by atoms with Crippen LogP contribution in [0.25, 0.3) is 0 Å². The lowest BCUT2D eigenvalue weighted by Gasteiger charge is -2.18. The van der Waals surface area contributed by atoms with Crippen molar-refractivity contribution in [2.24, 2.45) is 5.92 Å². The lowest BCUT2D eigenvalue weighted by molar-refractivity contribution is -0.147. The Hall–Kier alpha value is -3.39. The van der Waals surface area contributed by atoms with Crippen LogP contribution in [0.1, 0.15) is 27.1 Å². The van der Waals surface area contributed by atoms with E-state index in [1.807, 2.05) is 0 Å². The topological polar surface area (TPSA) is 102 Å². The van der Waals surface area contributed by atoms with Crippen molar-refractivity contribution < 1.29 is 28.7 Å². The van der Waals surface area contributed by atoms with Gasteiger partial charge < -0.3 is 9.47 Å². The maximum absolute atomic E-state index is 12.3. The fraction of sp³-hybridized carbons (Fsp3) is 0.238. The Morgan fingerprint density at radius 2 is 1.83 bits per heavy atom. The number of methoxy groups -OCH3 is 1. The van der Waals surface area contributed by atoms with Crippen molar-refractivity contribution in [2.75, 3.05) is 20.3 Å². The van der Waals surface area contributed by atoms with Crippen LogP contribution in [-0.4, -0.2) is 48.8 Å². The van der Waals surface area contributed by atoms with E-state index in [1.54, 1.807) is 42.5 Å². The zero-order valence-corrected chi connectivity index (χ0v) is 16.8. The molecule has 1 N–H and O–H groups in total. The first kappa shape index (κ1) is 21.3. The Labute approximate surface area is 177 Å². The zero-order chi connectivity index (χ0) is 21.7. The minimum absolute atomic E-state index is 0.0510. The molecular weight excluding hydrogens is 412 g/mol. The summed E-state index contributed by atoms with van der Waals surface area (Å²) in [4.78, 5) is 48.9. The highest BCUT2D eigenvalue weighted by molar-refractivity contribution is 6.33. The molecule has 8 nitrogen and oxygen atoms in total. The lowest BCUT2D eigenvalue weighted by atomic mass is 10.1. The number of carbonyl (C=O) groups excluding carboxylic acids is 4. The minimum atomic E-state index is -0.785. The molecule has 0 bridgehead atoms. The predicted octanol–water partition coefficient (Wildman–Crippen LogP) is 2.27. The summed E-state index contributed by atoms with van der Waals surface area (Å²) in [6, 6.07) is 12.8. The SMILES string of the molecule is COc1ccc(C(=O)COC(=O)C2CC(=O)N(NC(=O)c3ccccc3Cl)C2)cc1. The number of ketones is 1. The summed E-state index contributed by atoms with van der Waals surface area (Å²) in [5.74, 6) is -2.23. The molecule has 9 heteroatoms. The quantitative estimate of drug-likeness (QED) is 0.534. The van der Waals surface area contributed by atoms with Gasteiger partial charge in [0.1, 0.15) is 5.75 Å². The van der Waals surface area contributed by atoms with Crippen molar-refractivity contribution in [1.82, 2.24) is 10.4 Å². The normalized spacial score (nSPS) is 15.6. The van der Waals surface area contributed by atoms with Crippen LogP contribution in [0.4, 0.5) is 0 Å². The number of halogens is 1. The Morgan fingerprint density at radius 3 is 2.50 bits per heavy atom. The Kier molecular flexibility index (Phi) is 6.68. The van der Waals surface area contributed by atoms with Crippen molar-refractivity contribution in [1.29, 1.82) is 0 Å². The molecule has 2 aromatic carbocycles. The number of rotatable bonds is 7. The largest absolute Gasteiger partial charge is 0.497 e. The summed E-state index contributed by atoms with van der Waals surface area (Å²) in [7, 11) is 1.52. The summed E-state index contributed by atoms with van der Waals surface area (Å²) in [5, 5.41) is 1.30. The number of esters is 1. The maximum atomic E-state index is 12.3. The molecule has 156 valence electrons. The molecule has 1 fully saturated rings. The highest BCUT2D eigenvalue weighted by Gasteiger charge is 2.37. The van der Waals surface area contributed by atoms with E-state index in [0.29, 0.717) is 11.3 Å². The molecular formula is C21H19ClN2O6. The smallest absolute Gasteiger partial charge is 0.311 e. The number of hydrogen-bond donors (Lipinski definition) is 1. The van der Waals surface area contributed by atoms with Crippen molar-refractivity contribution in [3.05, 3.63) is 64.7 Å². The van der Waals surface area contributed by atoms with E-state index < -0.39 is 30.3 Å². The number of hydrogen-bond acceptors (Lipinski definition) is 6. The van der Waals surface area contributed by atoms with Crippen molar-refractivity contribution in [3.8, 4) is 5.75 Å². The van der Waals surface area contributed by atoms with Gasteiger partial charge in [-0.05, 0) is 36.4 Å². The molecule has 0 saturated carbocycles. The van der Waals surface area contributed by atoms with Gasteiger partial charge in [-0.3, -0.25) is 29.6 Å². The average molecular weight is 431 g/mol. The summed E-state index contributed by atoms with van der Waals surface area (Å²) in [6.07, 6.45) is -0.127. The monoisotopic (exact) mass is 430 g/mol. The van der Waals surface area contributed by atoms with Crippen LogP contribution in [0.2, 0.25) is 5.02 Å². The Balaban J connectivity index is 1.52. The fourth-order valence-electron chi connectivity index (χ4n) is 2.92. The standard InChI is InChI=1S/C21H19ClN2O6/c1-29-15-8-6-13(7-9-15)18(25)12-30-21(28)14-10-19(26)24(11-14)23-20(27)16-4-2-3-5-17(16)22/h2-9,14H,10-12H2,1H3,(H,23,27). The van der Waals surface area contributed by atoms with E-state index in [-0.39, 0.29) is 29.3 Å². The van der Waals surface area contributed by atoms with E-state index in [4.69, 9.17) is 21.1 Å². The fourth-order valence-corrected chi connectivity index (χ4v) is 3.14. The first-order chi connectivity index (χ1) is 14.4. The highest BCUT2D eigenvalue weighted by atomic mass is 35.5. The van der Waals surface area contributed by atoms with Crippen molar-refractivity contribution >= 4 is 35.2 Å². The van der Waals surface area contributed by atoms with E-state index in [9.17, 15) is 19.2 Å². The number of carbonyl (C=O) groups is 4. The van der Waals surface area contributed by atoms with Crippen LogP contribution in [0.5, 0.6) is 5.75 Å². The second-order valence-corrected chi connectivity index (χ2v) is 6.99. The van der Waals surface area contributed by atoms with Gasteiger partial charge in [-0.15, -0.1) is 0 Å². The van der Waals surface area contributed by atoms with Gasteiger partial charge in [0.25, 0.3) is 5.91 Å². The first-order valence-corrected chi connectivity index (χ1v) is 9.46. The number of benzene rings is 2. The van der Waals surface area contributed by atoms with Gasteiger partial charge in [-0.1, -0.05) is 23.7 Å². The molecule has 0 radical (unpaired) electrons. The number of Topliss-reactive ketones (excluding diaryl/α,β-unsaturated/α-hetero) is 1. The summed E-state index contributed by atoms with van der Waals surface area (Å²) < 4.78 is 10.1. The summed E-state index contributed by atoms with van der Waals surface area (Å²) in [5.41, 5.74) is 3.03. The molecule has 1 saturated heterocycles. The van der Waals surface area contributed by atoms with Gasteiger partial charge in [0, 0.05) is 12.0 Å². The second kappa shape index (κ2) is 9.41. The lowest BCUT2D eigenvalue weighted by Crippen LogP contribution is -2.43. The summed E-state index contributed by atoms with van der Waals surface area (Å²) >= 11 is 5.98.